The van der Waals surface area contributed by atoms with Crippen LogP contribution in [0, 0.1) is 5.92 Å². The van der Waals surface area contributed by atoms with E-state index in [1.54, 1.807) is 0 Å². The average Bonchev–Trinajstić information content (AvgIpc) is 3.10. The molecule has 1 heterocycles. The van der Waals surface area contributed by atoms with Crippen molar-refractivity contribution >= 4 is 11.6 Å². The fraction of sp³-hybridized carbons (Fsp3) is 0.286. The van der Waals surface area contributed by atoms with Crippen molar-refractivity contribution in [2.24, 2.45) is 5.92 Å². The van der Waals surface area contributed by atoms with Crippen molar-refractivity contribution in [3.8, 4) is 17.4 Å². The normalized spacial score (nSPS) is 21.2. The molecule has 1 aliphatic rings. The van der Waals surface area contributed by atoms with Gasteiger partial charge < -0.3 is 9.84 Å². The predicted octanol–water partition coefficient (Wildman–Crippen LogP) is 3.75. The number of rotatable bonds is 3. The topological polar surface area (TPSA) is 55.2 Å². The number of benzene rings is 1. The molecule has 3 rings (SSSR count). The predicted molar refractivity (Wildman–Crippen MR) is 71.7 cm³/mol. The first-order valence-corrected chi connectivity index (χ1v) is 6.52. The van der Waals surface area contributed by atoms with Crippen LogP contribution in [0.3, 0.4) is 0 Å². The molecule has 19 heavy (non-hydrogen) atoms. The molecule has 1 aromatic carbocycles. The molecule has 0 radical (unpaired) electrons. The Morgan fingerprint density at radius 1 is 1.32 bits per heavy atom. The van der Waals surface area contributed by atoms with E-state index >= 15 is 0 Å². The zero-order valence-electron chi connectivity index (χ0n) is 10.4. The smallest absolute Gasteiger partial charge is 0.281 e. The van der Waals surface area contributed by atoms with Gasteiger partial charge in [-0.15, -0.1) is 10.2 Å². The quantitative estimate of drug-likeness (QED) is 0.927. The highest BCUT2D eigenvalue weighted by Crippen LogP contribution is 2.50. The maximum Gasteiger partial charge on any atom is 0.281 e. The van der Waals surface area contributed by atoms with Crippen molar-refractivity contribution in [3.63, 3.8) is 0 Å². The Labute approximate surface area is 116 Å². The highest BCUT2D eigenvalue weighted by atomic mass is 35.5. The van der Waals surface area contributed by atoms with E-state index in [0.717, 1.165) is 5.56 Å². The molecular formula is C14H13ClN2O2. The SMILES string of the molecule is CC1CC1c1ccccc1Oc1nnc(Cl)cc1O. The zero-order chi connectivity index (χ0) is 13.4. The molecule has 98 valence electrons. The lowest BCUT2D eigenvalue weighted by molar-refractivity contribution is 0.389. The van der Waals surface area contributed by atoms with Crippen LogP contribution in [0.1, 0.15) is 24.8 Å². The molecule has 0 bridgehead atoms. The lowest BCUT2D eigenvalue weighted by Crippen LogP contribution is -1.94. The van der Waals surface area contributed by atoms with Crippen molar-refractivity contribution in [2.75, 3.05) is 0 Å². The van der Waals surface area contributed by atoms with Crippen LogP contribution < -0.4 is 4.74 Å². The Bertz CT molecular complexity index is 618. The summed E-state index contributed by atoms with van der Waals surface area (Å²) in [6, 6.07) is 9.11. The summed E-state index contributed by atoms with van der Waals surface area (Å²) in [4.78, 5) is 0. The van der Waals surface area contributed by atoms with E-state index in [-0.39, 0.29) is 16.8 Å². The molecule has 2 aromatic rings. The Hall–Kier alpha value is -1.81. The van der Waals surface area contributed by atoms with E-state index in [4.69, 9.17) is 16.3 Å². The van der Waals surface area contributed by atoms with Crippen LogP contribution in [-0.2, 0) is 0 Å². The van der Waals surface area contributed by atoms with Gasteiger partial charge in [0, 0.05) is 6.07 Å². The third-order valence-electron chi connectivity index (χ3n) is 3.35. The molecule has 1 aliphatic carbocycles. The van der Waals surface area contributed by atoms with Gasteiger partial charge in [-0.25, -0.2) is 0 Å². The van der Waals surface area contributed by atoms with E-state index < -0.39 is 0 Å². The highest BCUT2D eigenvalue weighted by molar-refractivity contribution is 6.29. The van der Waals surface area contributed by atoms with Gasteiger partial charge in [0.2, 0.25) is 0 Å². The minimum Gasteiger partial charge on any atom is -0.503 e. The zero-order valence-corrected chi connectivity index (χ0v) is 11.1. The Morgan fingerprint density at radius 2 is 2.05 bits per heavy atom. The van der Waals surface area contributed by atoms with Crippen molar-refractivity contribution < 1.29 is 9.84 Å². The Balaban J connectivity index is 1.91. The van der Waals surface area contributed by atoms with E-state index in [0.29, 0.717) is 17.6 Å². The van der Waals surface area contributed by atoms with Gasteiger partial charge in [-0.3, -0.25) is 0 Å². The molecular weight excluding hydrogens is 264 g/mol. The van der Waals surface area contributed by atoms with Crippen LogP contribution in [-0.4, -0.2) is 15.3 Å². The van der Waals surface area contributed by atoms with Crippen LogP contribution in [0.15, 0.2) is 30.3 Å². The summed E-state index contributed by atoms with van der Waals surface area (Å²) in [5.41, 5.74) is 1.14. The number of para-hydroxylation sites is 1. The summed E-state index contributed by atoms with van der Waals surface area (Å²) < 4.78 is 5.66. The van der Waals surface area contributed by atoms with E-state index in [9.17, 15) is 5.11 Å². The molecule has 1 saturated carbocycles. The second-order valence-electron chi connectivity index (χ2n) is 4.82. The maximum atomic E-state index is 9.74. The van der Waals surface area contributed by atoms with E-state index in [2.05, 4.69) is 17.1 Å². The lowest BCUT2D eigenvalue weighted by Gasteiger charge is -2.10. The van der Waals surface area contributed by atoms with Crippen molar-refractivity contribution in [1.29, 1.82) is 0 Å². The lowest BCUT2D eigenvalue weighted by atomic mass is 10.1. The number of aromatic nitrogens is 2. The molecule has 0 aliphatic heterocycles. The third kappa shape index (κ3) is 2.49. The summed E-state index contributed by atoms with van der Waals surface area (Å²) in [6.45, 7) is 2.21. The molecule has 0 spiro atoms. The summed E-state index contributed by atoms with van der Waals surface area (Å²) in [5, 5.41) is 17.3. The van der Waals surface area contributed by atoms with Gasteiger partial charge >= 0.3 is 0 Å². The van der Waals surface area contributed by atoms with Gasteiger partial charge in [-0.2, -0.15) is 0 Å². The maximum absolute atomic E-state index is 9.74. The molecule has 5 heteroatoms. The summed E-state index contributed by atoms with van der Waals surface area (Å²) >= 11 is 5.64. The molecule has 2 unspecified atom stereocenters. The number of hydrogen-bond donors (Lipinski definition) is 1. The first-order chi connectivity index (χ1) is 9.15. The van der Waals surface area contributed by atoms with Gasteiger partial charge in [-0.05, 0) is 29.9 Å². The first-order valence-electron chi connectivity index (χ1n) is 6.14. The number of halogens is 1. The molecule has 0 saturated heterocycles. The number of nitrogens with zero attached hydrogens (tertiary/aromatic N) is 2. The Morgan fingerprint density at radius 3 is 2.74 bits per heavy atom. The standard InChI is InChI=1S/C14H13ClN2O2/c1-8-6-10(8)9-4-2-3-5-12(9)19-14-11(18)7-13(15)16-17-14/h2-5,7-8,10H,6H2,1H3,(H,16,18). The fourth-order valence-electron chi connectivity index (χ4n) is 2.16. The van der Waals surface area contributed by atoms with Crippen LogP contribution in [0.25, 0.3) is 0 Å². The molecule has 0 amide bonds. The number of hydrogen-bond acceptors (Lipinski definition) is 4. The minimum atomic E-state index is -0.112. The minimum absolute atomic E-state index is 0.0742. The molecule has 4 nitrogen and oxygen atoms in total. The van der Waals surface area contributed by atoms with Gasteiger partial charge in [-0.1, -0.05) is 36.7 Å². The summed E-state index contributed by atoms with van der Waals surface area (Å²) in [5.74, 6) is 1.88. The van der Waals surface area contributed by atoms with E-state index in [1.807, 2.05) is 24.3 Å². The number of aromatic hydroxyl groups is 1. The molecule has 2 atom stereocenters. The monoisotopic (exact) mass is 276 g/mol. The molecule has 1 aromatic heterocycles. The third-order valence-corrected chi connectivity index (χ3v) is 3.53. The van der Waals surface area contributed by atoms with Gasteiger partial charge in [0.25, 0.3) is 5.88 Å². The average molecular weight is 277 g/mol. The summed E-state index contributed by atoms with van der Waals surface area (Å²) in [6.07, 6.45) is 1.17. The fourth-order valence-corrected chi connectivity index (χ4v) is 2.30. The second kappa shape index (κ2) is 4.70. The number of ether oxygens (including phenoxy) is 1. The largest absolute Gasteiger partial charge is 0.503 e. The molecule has 1 fully saturated rings. The van der Waals surface area contributed by atoms with Crippen molar-refractivity contribution in [3.05, 3.63) is 41.0 Å². The Kier molecular flexibility index (Phi) is 3.03. The van der Waals surface area contributed by atoms with Gasteiger partial charge in [0.1, 0.15) is 5.75 Å². The van der Waals surface area contributed by atoms with Crippen molar-refractivity contribution in [1.82, 2.24) is 10.2 Å². The van der Waals surface area contributed by atoms with Gasteiger partial charge in [0.15, 0.2) is 10.9 Å². The van der Waals surface area contributed by atoms with Crippen LogP contribution in [0.4, 0.5) is 0 Å². The highest BCUT2D eigenvalue weighted by Gasteiger charge is 2.36. The first kappa shape index (κ1) is 12.2. The van der Waals surface area contributed by atoms with Crippen molar-refractivity contribution in [2.45, 2.75) is 19.3 Å². The second-order valence-corrected chi connectivity index (χ2v) is 5.20. The summed E-state index contributed by atoms with van der Waals surface area (Å²) in [7, 11) is 0. The van der Waals surface area contributed by atoms with Crippen LogP contribution in [0.2, 0.25) is 5.15 Å². The van der Waals surface area contributed by atoms with Gasteiger partial charge in [0.05, 0.1) is 0 Å². The van der Waals surface area contributed by atoms with Crippen LogP contribution in [0.5, 0.6) is 17.4 Å². The van der Waals surface area contributed by atoms with Crippen LogP contribution >= 0.6 is 11.6 Å². The molecule has 1 N–H and O–H groups in total. The van der Waals surface area contributed by atoms with E-state index in [1.165, 1.54) is 12.5 Å².